The van der Waals surface area contributed by atoms with E-state index < -0.39 is 0 Å². The molecule has 0 aliphatic carbocycles. The minimum absolute atomic E-state index is 0.369. The molecule has 1 aromatic carbocycles. The van der Waals surface area contributed by atoms with Crippen LogP contribution in [0.3, 0.4) is 0 Å². The topological polar surface area (TPSA) is 43.8 Å². The molecule has 16 heavy (non-hydrogen) atoms. The molecule has 3 nitrogen and oxygen atoms in total. The third kappa shape index (κ3) is 1.28. The molecule has 0 atom stereocenters. The SMILES string of the molecule is CC(C)(N)c1nn2c3c(cccc13)CCC2. The summed E-state index contributed by atoms with van der Waals surface area (Å²) in [6.07, 6.45) is 2.34. The fraction of sp³-hybridized carbons (Fsp3) is 0.462. The number of nitrogens with two attached hydrogens (primary N) is 1. The lowest BCUT2D eigenvalue weighted by molar-refractivity contribution is 0.503. The lowest BCUT2D eigenvalue weighted by Gasteiger charge is -2.15. The van der Waals surface area contributed by atoms with Crippen LogP contribution in [0.2, 0.25) is 0 Å². The first-order valence-electron chi connectivity index (χ1n) is 5.85. The Labute approximate surface area is 95.2 Å². The number of aryl methyl sites for hydroxylation is 2. The van der Waals surface area contributed by atoms with E-state index in [9.17, 15) is 0 Å². The number of benzene rings is 1. The van der Waals surface area contributed by atoms with Gasteiger partial charge in [0.05, 0.1) is 16.7 Å². The van der Waals surface area contributed by atoms with Crippen LogP contribution in [0.5, 0.6) is 0 Å². The summed E-state index contributed by atoms with van der Waals surface area (Å²) in [6, 6.07) is 6.45. The molecule has 0 unspecified atom stereocenters. The van der Waals surface area contributed by atoms with Crippen LogP contribution in [-0.4, -0.2) is 9.78 Å². The molecule has 0 saturated carbocycles. The maximum atomic E-state index is 6.19. The molecule has 3 heteroatoms. The van der Waals surface area contributed by atoms with Crippen molar-refractivity contribution in [2.45, 2.75) is 38.8 Å². The van der Waals surface area contributed by atoms with Crippen LogP contribution in [0.25, 0.3) is 10.9 Å². The van der Waals surface area contributed by atoms with Gasteiger partial charge < -0.3 is 5.73 Å². The van der Waals surface area contributed by atoms with E-state index in [4.69, 9.17) is 5.73 Å². The van der Waals surface area contributed by atoms with Crippen molar-refractivity contribution in [3.63, 3.8) is 0 Å². The van der Waals surface area contributed by atoms with Crippen molar-refractivity contribution in [1.29, 1.82) is 0 Å². The van der Waals surface area contributed by atoms with Crippen LogP contribution in [-0.2, 0) is 18.5 Å². The Morgan fingerprint density at radius 1 is 1.38 bits per heavy atom. The van der Waals surface area contributed by atoms with E-state index in [1.807, 2.05) is 13.8 Å². The lowest BCUT2D eigenvalue weighted by Crippen LogP contribution is -2.29. The molecule has 1 aromatic heterocycles. The van der Waals surface area contributed by atoms with Crippen LogP contribution in [0.4, 0.5) is 0 Å². The third-order valence-corrected chi connectivity index (χ3v) is 3.28. The van der Waals surface area contributed by atoms with E-state index in [1.54, 1.807) is 0 Å². The number of nitrogens with zero attached hydrogens (tertiary/aromatic N) is 2. The van der Waals surface area contributed by atoms with Crippen LogP contribution in [0.1, 0.15) is 31.5 Å². The van der Waals surface area contributed by atoms with E-state index in [1.165, 1.54) is 22.9 Å². The lowest BCUT2D eigenvalue weighted by atomic mass is 9.96. The zero-order valence-corrected chi connectivity index (χ0v) is 9.83. The third-order valence-electron chi connectivity index (χ3n) is 3.28. The second-order valence-corrected chi connectivity index (χ2v) is 5.21. The van der Waals surface area contributed by atoms with E-state index in [-0.39, 0.29) is 5.54 Å². The molecule has 0 saturated heterocycles. The number of hydrogen-bond donors (Lipinski definition) is 1. The highest BCUT2D eigenvalue weighted by Gasteiger charge is 2.25. The highest BCUT2D eigenvalue weighted by molar-refractivity contribution is 5.86. The summed E-state index contributed by atoms with van der Waals surface area (Å²) in [7, 11) is 0. The molecule has 0 bridgehead atoms. The van der Waals surface area contributed by atoms with Gasteiger partial charge in [0.15, 0.2) is 0 Å². The summed E-state index contributed by atoms with van der Waals surface area (Å²) in [5.74, 6) is 0. The van der Waals surface area contributed by atoms with Crippen molar-refractivity contribution >= 4 is 10.9 Å². The highest BCUT2D eigenvalue weighted by Crippen LogP contribution is 2.31. The quantitative estimate of drug-likeness (QED) is 0.792. The van der Waals surface area contributed by atoms with Gasteiger partial charge in [-0.25, -0.2) is 0 Å². The van der Waals surface area contributed by atoms with Crippen LogP contribution < -0.4 is 5.73 Å². The first-order valence-corrected chi connectivity index (χ1v) is 5.85. The molecule has 0 amide bonds. The molecule has 2 aromatic rings. The second kappa shape index (κ2) is 3.08. The number of hydrogen-bond acceptors (Lipinski definition) is 2. The zero-order chi connectivity index (χ0) is 11.3. The van der Waals surface area contributed by atoms with Gasteiger partial charge in [-0.2, -0.15) is 5.10 Å². The van der Waals surface area contributed by atoms with Gasteiger partial charge in [-0.15, -0.1) is 0 Å². The summed E-state index contributed by atoms with van der Waals surface area (Å²) in [4.78, 5) is 0. The largest absolute Gasteiger partial charge is 0.320 e. The average molecular weight is 215 g/mol. The normalized spacial score (nSPS) is 15.7. The molecular weight excluding hydrogens is 198 g/mol. The van der Waals surface area contributed by atoms with Gasteiger partial charge in [-0.1, -0.05) is 18.2 Å². The smallest absolute Gasteiger partial charge is 0.0896 e. The maximum Gasteiger partial charge on any atom is 0.0896 e. The Balaban J connectivity index is 2.39. The molecule has 2 N–H and O–H groups in total. The minimum atomic E-state index is -0.369. The van der Waals surface area contributed by atoms with E-state index in [0.29, 0.717) is 0 Å². The molecule has 0 fully saturated rings. The minimum Gasteiger partial charge on any atom is -0.320 e. The summed E-state index contributed by atoms with van der Waals surface area (Å²) in [5, 5.41) is 5.91. The fourth-order valence-corrected chi connectivity index (χ4v) is 2.57. The predicted octanol–water partition coefficient (Wildman–Crippen LogP) is 2.18. The predicted molar refractivity (Wildman–Crippen MR) is 65.3 cm³/mol. The van der Waals surface area contributed by atoms with Gasteiger partial charge in [0.1, 0.15) is 0 Å². The molecule has 1 aliphatic rings. The number of rotatable bonds is 1. The monoisotopic (exact) mass is 215 g/mol. The zero-order valence-electron chi connectivity index (χ0n) is 9.83. The van der Waals surface area contributed by atoms with Crippen LogP contribution >= 0.6 is 0 Å². The molecule has 0 spiro atoms. The number of para-hydroxylation sites is 1. The van der Waals surface area contributed by atoms with Crippen LogP contribution in [0.15, 0.2) is 18.2 Å². The standard InChI is InChI=1S/C13H17N3/c1-13(2,14)12-10-7-3-5-9-6-4-8-16(15-12)11(9)10/h3,5,7H,4,6,8,14H2,1-2H3. The average Bonchev–Trinajstić information content (AvgIpc) is 2.60. The van der Waals surface area contributed by atoms with Crippen molar-refractivity contribution in [3.05, 3.63) is 29.5 Å². The fourth-order valence-electron chi connectivity index (χ4n) is 2.57. The summed E-state index contributed by atoms with van der Waals surface area (Å²) >= 11 is 0. The molecule has 84 valence electrons. The van der Waals surface area contributed by atoms with Gasteiger partial charge in [-0.3, -0.25) is 4.68 Å². The second-order valence-electron chi connectivity index (χ2n) is 5.21. The maximum absolute atomic E-state index is 6.19. The van der Waals surface area contributed by atoms with Crippen molar-refractivity contribution in [2.75, 3.05) is 0 Å². The molecular formula is C13H17N3. The van der Waals surface area contributed by atoms with E-state index in [2.05, 4.69) is 28.0 Å². The van der Waals surface area contributed by atoms with Crippen molar-refractivity contribution < 1.29 is 0 Å². The first kappa shape index (κ1) is 9.85. The van der Waals surface area contributed by atoms with Crippen molar-refractivity contribution in [3.8, 4) is 0 Å². The Morgan fingerprint density at radius 2 is 2.19 bits per heavy atom. The van der Waals surface area contributed by atoms with Gasteiger partial charge >= 0.3 is 0 Å². The summed E-state index contributed by atoms with van der Waals surface area (Å²) in [5.41, 5.74) is 9.54. The Kier molecular flexibility index (Phi) is 1.89. The number of aromatic nitrogens is 2. The van der Waals surface area contributed by atoms with E-state index >= 15 is 0 Å². The Bertz CT molecular complexity index is 546. The Morgan fingerprint density at radius 3 is 2.94 bits per heavy atom. The molecule has 1 aliphatic heterocycles. The van der Waals surface area contributed by atoms with Crippen molar-refractivity contribution in [1.82, 2.24) is 9.78 Å². The summed E-state index contributed by atoms with van der Waals surface area (Å²) < 4.78 is 2.12. The van der Waals surface area contributed by atoms with Gasteiger partial charge in [0.2, 0.25) is 0 Å². The molecule has 3 rings (SSSR count). The van der Waals surface area contributed by atoms with Gasteiger partial charge in [0.25, 0.3) is 0 Å². The Hall–Kier alpha value is -1.35. The molecule has 2 heterocycles. The first-order chi connectivity index (χ1) is 7.57. The van der Waals surface area contributed by atoms with Crippen LogP contribution in [0, 0.1) is 0 Å². The van der Waals surface area contributed by atoms with E-state index in [0.717, 1.165) is 18.7 Å². The molecule has 0 radical (unpaired) electrons. The van der Waals surface area contributed by atoms with Gasteiger partial charge in [-0.05, 0) is 32.3 Å². The summed E-state index contributed by atoms with van der Waals surface area (Å²) in [6.45, 7) is 5.05. The van der Waals surface area contributed by atoms with Crippen molar-refractivity contribution in [2.24, 2.45) is 5.73 Å². The van der Waals surface area contributed by atoms with Gasteiger partial charge in [0, 0.05) is 11.9 Å². The highest BCUT2D eigenvalue weighted by atomic mass is 15.3.